The van der Waals surface area contributed by atoms with Gasteiger partial charge in [-0.25, -0.2) is 0 Å². The Kier molecular flexibility index (Phi) is 62.5. The van der Waals surface area contributed by atoms with Crippen LogP contribution in [0.5, 0.6) is 0 Å². The van der Waals surface area contributed by atoms with Gasteiger partial charge in [0.05, 0.1) is 25.4 Å². The van der Waals surface area contributed by atoms with Gasteiger partial charge in [-0.15, -0.1) is 0 Å². The van der Waals surface area contributed by atoms with Gasteiger partial charge < -0.3 is 20.3 Å². The summed E-state index contributed by atoms with van der Waals surface area (Å²) in [6.45, 7) is 4.90. The van der Waals surface area contributed by atoms with Gasteiger partial charge in [-0.2, -0.15) is 0 Å². The van der Waals surface area contributed by atoms with Gasteiger partial charge in [-0.3, -0.25) is 9.59 Å². The second kappa shape index (κ2) is 64.3. The van der Waals surface area contributed by atoms with Gasteiger partial charge in [0.1, 0.15) is 0 Å². The van der Waals surface area contributed by atoms with Crippen LogP contribution in [0, 0.1) is 0 Å². The summed E-state index contributed by atoms with van der Waals surface area (Å²) in [5.41, 5.74) is 0. The maximum absolute atomic E-state index is 12.5. The lowest BCUT2D eigenvalue weighted by molar-refractivity contribution is -0.143. The Balaban J connectivity index is 3.48. The van der Waals surface area contributed by atoms with E-state index in [1.54, 1.807) is 0 Å². The number of amides is 1. The fourth-order valence-corrected chi connectivity index (χ4v) is 10.3. The Morgan fingerprint density at radius 2 is 0.707 bits per heavy atom. The van der Waals surface area contributed by atoms with Crippen molar-refractivity contribution in [2.45, 2.75) is 366 Å². The molecule has 0 aliphatic rings. The summed E-state index contributed by atoms with van der Waals surface area (Å²) in [6.07, 6.45) is 82.8. The largest absolute Gasteiger partial charge is 0.466 e. The van der Waals surface area contributed by atoms with Crippen LogP contribution in [0.1, 0.15) is 354 Å². The predicted molar refractivity (Wildman–Crippen MR) is 329 cm³/mol. The number of ether oxygens (including phenoxy) is 1. The first-order valence-corrected chi connectivity index (χ1v) is 33.4. The summed E-state index contributed by atoms with van der Waals surface area (Å²) in [7, 11) is 0. The highest BCUT2D eigenvalue weighted by atomic mass is 16.5. The molecule has 1 amide bonds. The quantitative estimate of drug-likeness (QED) is 0.0244. The van der Waals surface area contributed by atoms with Crippen molar-refractivity contribution >= 4 is 11.9 Å². The molecule has 0 spiro atoms. The highest BCUT2D eigenvalue weighted by Gasteiger charge is 2.20. The molecule has 0 aliphatic heterocycles. The number of esters is 1. The van der Waals surface area contributed by atoms with Gasteiger partial charge in [0, 0.05) is 12.8 Å². The number of carbonyl (C=O) groups excluding carboxylic acids is 2. The molecule has 0 saturated heterocycles. The number of aliphatic hydroxyl groups excluding tert-OH is 2. The third kappa shape index (κ3) is 60.9. The van der Waals surface area contributed by atoms with E-state index in [0.717, 1.165) is 77.0 Å². The number of unbranched alkanes of at least 4 members (excludes halogenated alkanes) is 44. The zero-order chi connectivity index (χ0) is 54.3. The van der Waals surface area contributed by atoms with Gasteiger partial charge in [0.15, 0.2) is 0 Å². The van der Waals surface area contributed by atoms with Crippen LogP contribution in [0.15, 0.2) is 48.6 Å². The van der Waals surface area contributed by atoms with Gasteiger partial charge in [0.25, 0.3) is 0 Å². The zero-order valence-electron chi connectivity index (χ0n) is 50.3. The van der Waals surface area contributed by atoms with Gasteiger partial charge in [-0.1, -0.05) is 300 Å². The third-order valence-corrected chi connectivity index (χ3v) is 15.4. The molecule has 0 aromatic heterocycles. The molecule has 3 N–H and O–H groups in total. The monoisotopic (exact) mass is 1050 g/mol. The minimum atomic E-state index is -0.674. The van der Waals surface area contributed by atoms with E-state index in [1.165, 1.54) is 244 Å². The van der Waals surface area contributed by atoms with Crippen molar-refractivity contribution in [1.82, 2.24) is 5.32 Å². The highest BCUT2D eigenvalue weighted by molar-refractivity contribution is 5.76. The minimum absolute atomic E-state index is 0.0270. The van der Waals surface area contributed by atoms with Crippen LogP contribution < -0.4 is 5.32 Å². The van der Waals surface area contributed by atoms with Crippen molar-refractivity contribution < 1.29 is 24.5 Å². The maximum Gasteiger partial charge on any atom is 0.305 e. The molecule has 440 valence electrons. The molecule has 2 atom stereocenters. The lowest BCUT2D eigenvalue weighted by atomic mass is 10.0. The van der Waals surface area contributed by atoms with Crippen LogP contribution in [0.25, 0.3) is 0 Å². The minimum Gasteiger partial charge on any atom is -0.466 e. The number of rotatable bonds is 62. The Morgan fingerprint density at radius 3 is 1.12 bits per heavy atom. The van der Waals surface area contributed by atoms with Crippen LogP contribution in [0.3, 0.4) is 0 Å². The standard InChI is InChI=1S/C69H129NO5/c1-3-5-7-9-11-13-15-17-19-20-21-22-23-24-25-27-30-34-37-41-45-49-53-57-61-67(72)66(65-71)70-68(73)62-58-54-50-46-42-38-35-31-28-26-29-32-36-40-44-48-52-56-60-64-75-69(74)63-59-55-51-47-43-39-33-18-16-14-12-10-8-6-4-2/h12,14,18,32-33,36,40,44,66-67,71-72H,3-11,13,15-17,19-31,34-35,37-39,41-43,45-65H2,1-2H3,(H,70,73)/b14-12-,33-18-,36-32-,44-40-. The fourth-order valence-electron chi connectivity index (χ4n) is 10.3. The van der Waals surface area contributed by atoms with E-state index in [2.05, 4.69) is 67.8 Å². The zero-order valence-corrected chi connectivity index (χ0v) is 50.3. The van der Waals surface area contributed by atoms with E-state index >= 15 is 0 Å². The van der Waals surface area contributed by atoms with E-state index in [-0.39, 0.29) is 18.5 Å². The molecule has 0 fully saturated rings. The molecular formula is C69H129NO5. The number of aliphatic hydroxyl groups is 2. The second-order valence-electron chi connectivity index (χ2n) is 22.8. The molecular weight excluding hydrogens is 923 g/mol. The molecule has 6 nitrogen and oxygen atoms in total. The highest BCUT2D eigenvalue weighted by Crippen LogP contribution is 2.18. The molecule has 0 radical (unpaired) electrons. The molecule has 0 heterocycles. The summed E-state index contributed by atoms with van der Waals surface area (Å²) in [5, 5.41) is 23.4. The van der Waals surface area contributed by atoms with Crippen molar-refractivity contribution in [3.8, 4) is 0 Å². The molecule has 0 bridgehead atoms. The molecule has 0 aromatic carbocycles. The Morgan fingerprint density at radius 1 is 0.387 bits per heavy atom. The Bertz CT molecular complexity index is 1260. The molecule has 2 unspecified atom stereocenters. The summed E-state index contributed by atoms with van der Waals surface area (Å²) in [6, 6.07) is -0.552. The summed E-state index contributed by atoms with van der Waals surface area (Å²) in [5.74, 6) is -0.0692. The lowest BCUT2D eigenvalue weighted by Crippen LogP contribution is -2.45. The summed E-state index contributed by atoms with van der Waals surface area (Å²) in [4.78, 5) is 24.6. The van der Waals surface area contributed by atoms with Crippen LogP contribution in [-0.2, 0) is 14.3 Å². The first-order valence-electron chi connectivity index (χ1n) is 33.4. The topological polar surface area (TPSA) is 95.9 Å². The van der Waals surface area contributed by atoms with Crippen molar-refractivity contribution in [2.75, 3.05) is 13.2 Å². The Labute approximate surface area is 467 Å². The smallest absolute Gasteiger partial charge is 0.305 e. The van der Waals surface area contributed by atoms with E-state index in [0.29, 0.717) is 25.9 Å². The number of allylic oxidation sites excluding steroid dienone is 8. The average Bonchev–Trinajstić information content (AvgIpc) is 3.41. The van der Waals surface area contributed by atoms with E-state index in [9.17, 15) is 19.8 Å². The van der Waals surface area contributed by atoms with Crippen molar-refractivity contribution in [2.24, 2.45) is 0 Å². The van der Waals surface area contributed by atoms with Crippen LogP contribution in [-0.4, -0.2) is 47.4 Å². The van der Waals surface area contributed by atoms with Crippen molar-refractivity contribution in [3.05, 3.63) is 48.6 Å². The summed E-state index contributed by atoms with van der Waals surface area (Å²) >= 11 is 0. The molecule has 0 saturated carbocycles. The maximum atomic E-state index is 12.5. The fraction of sp³-hybridized carbons (Fsp3) is 0.855. The van der Waals surface area contributed by atoms with E-state index in [4.69, 9.17) is 4.74 Å². The first kappa shape index (κ1) is 72.8. The average molecular weight is 1050 g/mol. The van der Waals surface area contributed by atoms with E-state index in [1.807, 2.05) is 0 Å². The Hall–Kier alpha value is -2.18. The number of carbonyl (C=O) groups is 2. The number of hydrogen-bond donors (Lipinski definition) is 3. The van der Waals surface area contributed by atoms with Crippen molar-refractivity contribution in [1.29, 1.82) is 0 Å². The molecule has 0 rings (SSSR count). The normalized spacial score (nSPS) is 12.9. The third-order valence-electron chi connectivity index (χ3n) is 15.4. The SMILES string of the molecule is CCCCC/C=C\C/C=C\CCCCCCCC(=O)OCCCCC/C=C\C=C/CCCCCCCCCCCCC(=O)NC(CO)C(O)CCCCCCCCCCCCCCCCCCCCCCCCCC. The predicted octanol–water partition coefficient (Wildman–Crippen LogP) is 21.3. The number of nitrogens with one attached hydrogen (secondary N) is 1. The number of hydrogen-bond acceptors (Lipinski definition) is 5. The molecule has 75 heavy (non-hydrogen) atoms. The van der Waals surface area contributed by atoms with Gasteiger partial charge in [-0.05, 0) is 89.9 Å². The van der Waals surface area contributed by atoms with Crippen LogP contribution in [0.4, 0.5) is 0 Å². The van der Waals surface area contributed by atoms with Crippen LogP contribution >= 0.6 is 0 Å². The van der Waals surface area contributed by atoms with Gasteiger partial charge >= 0.3 is 5.97 Å². The first-order chi connectivity index (χ1) is 37.0. The lowest BCUT2D eigenvalue weighted by Gasteiger charge is -2.22. The van der Waals surface area contributed by atoms with E-state index < -0.39 is 12.1 Å². The molecule has 6 heteroatoms. The van der Waals surface area contributed by atoms with Crippen molar-refractivity contribution in [3.63, 3.8) is 0 Å². The van der Waals surface area contributed by atoms with Crippen LogP contribution in [0.2, 0.25) is 0 Å². The van der Waals surface area contributed by atoms with Gasteiger partial charge in [0.2, 0.25) is 5.91 Å². The molecule has 0 aromatic rings. The summed E-state index contributed by atoms with van der Waals surface area (Å²) < 4.78 is 5.45. The second-order valence-corrected chi connectivity index (χ2v) is 22.8. The molecule has 0 aliphatic carbocycles.